The number of anilines is 1. The van der Waals surface area contributed by atoms with Gasteiger partial charge in [0.25, 0.3) is 0 Å². The highest BCUT2D eigenvalue weighted by Crippen LogP contribution is 2.58. The SMILES string of the molecule is CCOC(=O)C1=C(c2ccccc2)S/C(=C2/C(=S)C(C)(C)N(C(=O)CC)c3ccc(C)cc32)S1. The molecular formula is C27H27NO3S3. The third-order valence-corrected chi connectivity index (χ3v) is 9.18. The quantitative estimate of drug-likeness (QED) is 0.252. The summed E-state index contributed by atoms with van der Waals surface area (Å²) >= 11 is 9.03. The molecule has 4 rings (SSSR count). The van der Waals surface area contributed by atoms with Crippen molar-refractivity contribution in [1.29, 1.82) is 0 Å². The Labute approximate surface area is 214 Å². The van der Waals surface area contributed by atoms with Crippen molar-refractivity contribution in [3.63, 3.8) is 0 Å². The smallest absolute Gasteiger partial charge is 0.346 e. The van der Waals surface area contributed by atoms with E-state index in [0.29, 0.717) is 22.8 Å². The molecule has 0 aliphatic carbocycles. The molecule has 7 heteroatoms. The van der Waals surface area contributed by atoms with Gasteiger partial charge in [0.2, 0.25) is 5.91 Å². The molecule has 176 valence electrons. The van der Waals surface area contributed by atoms with E-state index >= 15 is 0 Å². The molecule has 2 aromatic rings. The molecule has 0 radical (unpaired) electrons. The Balaban J connectivity index is 1.92. The van der Waals surface area contributed by atoms with E-state index in [9.17, 15) is 9.59 Å². The molecule has 0 saturated carbocycles. The van der Waals surface area contributed by atoms with Gasteiger partial charge in [0.1, 0.15) is 4.91 Å². The molecule has 4 nitrogen and oxygen atoms in total. The summed E-state index contributed by atoms with van der Waals surface area (Å²) in [6, 6.07) is 16.0. The summed E-state index contributed by atoms with van der Waals surface area (Å²) in [7, 11) is 0. The van der Waals surface area contributed by atoms with E-state index in [0.717, 1.165) is 37.1 Å². The van der Waals surface area contributed by atoms with Crippen LogP contribution in [0.2, 0.25) is 0 Å². The van der Waals surface area contributed by atoms with Gasteiger partial charge in [-0.2, -0.15) is 0 Å². The zero-order valence-corrected chi connectivity index (χ0v) is 22.4. The molecule has 0 bridgehead atoms. The number of thioether (sulfide) groups is 2. The summed E-state index contributed by atoms with van der Waals surface area (Å²) in [6.07, 6.45) is 0.390. The van der Waals surface area contributed by atoms with Crippen molar-refractivity contribution in [2.24, 2.45) is 0 Å². The summed E-state index contributed by atoms with van der Waals surface area (Å²) in [4.78, 5) is 29.9. The highest BCUT2D eigenvalue weighted by Gasteiger charge is 2.45. The first-order valence-electron chi connectivity index (χ1n) is 11.3. The van der Waals surface area contributed by atoms with Crippen LogP contribution in [0.25, 0.3) is 10.5 Å². The molecule has 0 saturated heterocycles. The molecule has 0 unspecified atom stereocenters. The molecule has 0 N–H and O–H groups in total. The lowest BCUT2D eigenvalue weighted by atomic mass is 9.82. The number of amides is 1. The maximum absolute atomic E-state index is 13.0. The van der Waals surface area contributed by atoms with Gasteiger partial charge in [0, 0.05) is 22.5 Å². The number of esters is 1. The average Bonchev–Trinajstić information content (AvgIpc) is 3.25. The molecule has 0 spiro atoms. The molecule has 1 amide bonds. The standard InChI is InChI=1S/C27H27NO3S3/c1-6-20(29)28-19-14-13-16(3)15-18(19)21(24(32)27(28,4)5)26-33-22(17-11-9-8-10-12-17)23(34-26)25(30)31-7-2/h8-15H,6-7H2,1-5H3/b26-21-. The van der Waals surface area contributed by atoms with Crippen LogP contribution < -0.4 is 4.90 Å². The minimum absolute atomic E-state index is 0.0311. The van der Waals surface area contributed by atoms with Crippen LogP contribution in [0.3, 0.4) is 0 Å². The third-order valence-electron chi connectivity index (χ3n) is 5.85. The minimum Gasteiger partial charge on any atom is -0.462 e. The van der Waals surface area contributed by atoms with Gasteiger partial charge in [-0.25, -0.2) is 4.79 Å². The topological polar surface area (TPSA) is 46.6 Å². The predicted octanol–water partition coefficient (Wildman–Crippen LogP) is 6.98. The number of nitrogens with zero attached hydrogens (tertiary/aromatic N) is 1. The van der Waals surface area contributed by atoms with Crippen molar-refractivity contribution >= 4 is 68.6 Å². The Bertz CT molecular complexity index is 1250. The van der Waals surface area contributed by atoms with Gasteiger partial charge in [-0.05, 0) is 45.4 Å². The molecule has 2 aliphatic heterocycles. The Morgan fingerprint density at radius 3 is 2.41 bits per heavy atom. The Morgan fingerprint density at radius 2 is 1.76 bits per heavy atom. The second-order valence-electron chi connectivity index (χ2n) is 8.60. The van der Waals surface area contributed by atoms with Gasteiger partial charge in [0.05, 0.1) is 26.9 Å². The van der Waals surface area contributed by atoms with Crippen molar-refractivity contribution in [2.45, 2.75) is 46.6 Å². The van der Waals surface area contributed by atoms with Crippen LogP contribution in [-0.2, 0) is 14.3 Å². The molecule has 2 aromatic carbocycles. The number of ether oxygens (including phenoxy) is 1. The van der Waals surface area contributed by atoms with Crippen LogP contribution in [-0.4, -0.2) is 28.9 Å². The third kappa shape index (κ3) is 4.25. The second-order valence-corrected chi connectivity index (χ2v) is 11.3. The highest BCUT2D eigenvalue weighted by atomic mass is 32.2. The zero-order chi connectivity index (χ0) is 24.6. The number of hydrogen-bond donors (Lipinski definition) is 0. The number of carbonyl (C=O) groups excluding carboxylic acids is 2. The van der Waals surface area contributed by atoms with Gasteiger partial charge < -0.3 is 9.64 Å². The maximum atomic E-state index is 13.0. The number of carbonyl (C=O) groups is 2. The molecule has 34 heavy (non-hydrogen) atoms. The van der Waals surface area contributed by atoms with Crippen LogP contribution >= 0.6 is 35.7 Å². The summed E-state index contributed by atoms with van der Waals surface area (Å²) < 4.78 is 6.33. The van der Waals surface area contributed by atoms with Crippen molar-refractivity contribution in [3.8, 4) is 0 Å². The lowest BCUT2D eigenvalue weighted by Crippen LogP contribution is -2.55. The average molecular weight is 510 g/mol. The zero-order valence-electron chi connectivity index (χ0n) is 19.9. The van der Waals surface area contributed by atoms with Crippen LogP contribution in [0.15, 0.2) is 57.7 Å². The van der Waals surface area contributed by atoms with Gasteiger partial charge in [-0.3, -0.25) is 4.79 Å². The van der Waals surface area contributed by atoms with E-state index in [2.05, 4.69) is 6.07 Å². The Hall–Kier alpha value is -2.35. The van der Waals surface area contributed by atoms with E-state index in [1.807, 2.05) is 82.0 Å². The Kier molecular flexibility index (Phi) is 7.08. The summed E-state index contributed by atoms with van der Waals surface area (Å²) in [5.41, 5.74) is 4.06. The van der Waals surface area contributed by atoms with Crippen LogP contribution in [0, 0.1) is 6.92 Å². The van der Waals surface area contributed by atoms with Crippen LogP contribution in [0.1, 0.15) is 50.8 Å². The van der Waals surface area contributed by atoms with Crippen molar-refractivity contribution < 1.29 is 14.3 Å². The molecule has 0 atom stereocenters. The van der Waals surface area contributed by atoms with Gasteiger partial charge in [-0.15, -0.1) is 0 Å². The predicted molar refractivity (Wildman–Crippen MR) is 148 cm³/mol. The molecule has 0 fully saturated rings. The van der Waals surface area contributed by atoms with Crippen LogP contribution in [0.5, 0.6) is 0 Å². The first-order valence-corrected chi connectivity index (χ1v) is 13.3. The molecular weight excluding hydrogens is 483 g/mol. The van der Waals surface area contributed by atoms with E-state index < -0.39 is 5.54 Å². The molecule has 2 aliphatic rings. The molecule has 0 aromatic heterocycles. The van der Waals surface area contributed by atoms with Gasteiger partial charge in [-0.1, -0.05) is 84.6 Å². The number of hydrogen-bond acceptors (Lipinski definition) is 6. The first kappa shape index (κ1) is 24.8. The normalized spacial score (nSPS) is 19.3. The van der Waals surface area contributed by atoms with E-state index in [-0.39, 0.29) is 11.9 Å². The minimum atomic E-state index is -0.687. The summed E-state index contributed by atoms with van der Waals surface area (Å²) in [5.74, 6) is -0.300. The highest BCUT2D eigenvalue weighted by molar-refractivity contribution is 8.32. The van der Waals surface area contributed by atoms with Crippen molar-refractivity contribution in [2.75, 3.05) is 11.5 Å². The number of thiocarbonyl (C=S) groups is 1. The van der Waals surface area contributed by atoms with E-state index in [1.165, 1.54) is 11.8 Å². The van der Waals surface area contributed by atoms with Crippen molar-refractivity contribution in [1.82, 2.24) is 0 Å². The lowest BCUT2D eigenvalue weighted by Gasteiger charge is -2.45. The first-order chi connectivity index (χ1) is 16.2. The fraction of sp³-hybridized carbons (Fsp3) is 0.296. The largest absolute Gasteiger partial charge is 0.462 e. The fourth-order valence-corrected chi connectivity index (χ4v) is 7.33. The number of benzene rings is 2. The fourth-order valence-electron chi connectivity index (χ4n) is 4.19. The van der Waals surface area contributed by atoms with Crippen LogP contribution in [0.4, 0.5) is 5.69 Å². The second kappa shape index (κ2) is 9.72. The molecule has 2 heterocycles. The van der Waals surface area contributed by atoms with E-state index in [4.69, 9.17) is 17.0 Å². The summed E-state index contributed by atoms with van der Waals surface area (Å²) in [5, 5.41) is 0. The Morgan fingerprint density at radius 1 is 1.06 bits per heavy atom. The van der Waals surface area contributed by atoms with Gasteiger partial charge >= 0.3 is 5.97 Å². The number of fused-ring (bicyclic) bond motifs is 1. The summed E-state index contributed by atoms with van der Waals surface area (Å²) in [6.45, 7) is 10.0. The number of rotatable bonds is 4. The maximum Gasteiger partial charge on any atom is 0.346 e. The number of aryl methyl sites for hydroxylation is 1. The lowest BCUT2D eigenvalue weighted by molar-refractivity contribution is -0.137. The van der Waals surface area contributed by atoms with Crippen molar-refractivity contribution in [3.05, 3.63) is 74.4 Å². The van der Waals surface area contributed by atoms with Gasteiger partial charge in [0.15, 0.2) is 0 Å². The monoisotopic (exact) mass is 509 g/mol. The van der Waals surface area contributed by atoms with E-state index in [1.54, 1.807) is 11.8 Å².